The van der Waals surface area contributed by atoms with Crippen molar-refractivity contribution in [3.63, 3.8) is 0 Å². The number of esters is 2. The first-order valence-corrected chi connectivity index (χ1v) is 21.5. The molecule has 2 unspecified atom stereocenters. The normalized spacial score (nSPS) is 21.7. The Morgan fingerprint density at radius 1 is 0.589 bits per heavy atom. The lowest BCUT2D eigenvalue weighted by Crippen LogP contribution is -2.62. The first-order valence-electron chi connectivity index (χ1n) is 21.5. The van der Waals surface area contributed by atoms with E-state index in [1.165, 1.54) is 0 Å². The zero-order chi connectivity index (χ0) is 41.1. The van der Waals surface area contributed by atoms with Gasteiger partial charge in [0.15, 0.2) is 6.10 Å². The van der Waals surface area contributed by atoms with Gasteiger partial charge in [0.1, 0.15) is 37.3 Å². The van der Waals surface area contributed by atoms with Gasteiger partial charge in [-0.1, -0.05) is 125 Å². The third-order valence-electron chi connectivity index (χ3n) is 9.48. The molecule has 0 spiro atoms. The summed E-state index contributed by atoms with van der Waals surface area (Å²) in [5.41, 5.74) is 6.15. The largest absolute Gasteiger partial charge is 0.462 e. The average Bonchev–Trinajstić information content (AvgIpc) is 3.19. The van der Waals surface area contributed by atoms with E-state index in [1.807, 2.05) is 0 Å². The molecule has 56 heavy (non-hydrogen) atoms. The van der Waals surface area contributed by atoms with Crippen LogP contribution in [0.5, 0.6) is 0 Å². The number of carbonyl (C=O) groups is 2. The highest BCUT2D eigenvalue weighted by Crippen LogP contribution is 2.23. The topological polar surface area (TPSA) is 158 Å². The number of hydrogen-bond donors (Lipinski definition) is 4. The first-order chi connectivity index (χ1) is 27.2. The molecule has 5 N–H and O–H groups in total. The predicted octanol–water partition coefficient (Wildman–Crippen LogP) is 8.79. The number of ether oxygens (including phenoxy) is 4. The summed E-state index contributed by atoms with van der Waals surface area (Å²) in [5.74, 6) is -0.795. The summed E-state index contributed by atoms with van der Waals surface area (Å²) in [4.78, 5) is 25.3. The van der Waals surface area contributed by atoms with E-state index in [1.54, 1.807) is 6.92 Å². The SMILES string of the molecule is CC/C=C\C/C=C\C/C=C\CCCCCCCC(=O)OCC(COC(N)[C@H]1O[C@H](C)[C@H](O)[C@@H](O)[C@@H]1O)OC(=O)CCCCCCC/C=C\C/C=C\C/C=C\CC. The Hall–Kier alpha value is -2.86. The summed E-state index contributed by atoms with van der Waals surface area (Å²) in [5, 5.41) is 30.6. The van der Waals surface area contributed by atoms with Crippen molar-refractivity contribution in [3.8, 4) is 0 Å². The Bertz CT molecular complexity index is 1160. The third kappa shape index (κ3) is 26.9. The Morgan fingerprint density at radius 3 is 1.55 bits per heavy atom. The molecule has 0 aromatic rings. The van der Waals surface area contributed by atoms with E-state index in [-0.39, 0.29) is 32.0 Å². The summed E-state index contributed by atoms with van der Waals surface area (Å²) in [6.07, 6.45) is 36.5. The van der Waals surface area contributed by atoms with Crippen molar-refractivity contribution < 1.29 is 43.9 Å². The molecule has 320 valence electrons. The molecule has 1 saturated heterocycles. The minimum Gasteiger partial charge on any atom is -0.462 e. The van der Waals surface area contributed by atoms with Crippen LogP contribution in [-0.4, -0.2) is 83.3 Å². The van der Waals surface area contributed by atoms with Gasteiger partial charge in [0.25, 0.3) is 0 Å². The minimum absolute atomic E-state index is 0.195. The van der Waals surface area contributed by atoms with E-state index in [4.69, 9.17) is 24.7 Å². The molecule has 0 aliphatic carbocycles. The van der Waals surface area contributed by atoms with Gasteiger partial charge in [-0.15, -0.1) is 0 Å². The molecular weight excluding hydrogens is 711 g/mol. The second-order valence-electron chi connectivity index (χ2n) is 14.6. The summed E-state index contributed by atoms with van der Waals surface area (Å²) in [6, 6.07) is 0. The smallest absolute Gasteiger partial charge is 0.306 e. The van der Waals surface area contributed by atoms with Crippen molar-refractivity contribution in [2.45, 2.75) is 192 Å². The number of aliphatic hydroxyl groups excluding tert-OH is 3. The van der Waals surface area contributed by atoms with Crippen LogP contribution in [0.1, 0.15) is 149 Å². The summed E-state index contributed by atoms with van der Waals surface area (Å²) in [6.45, 7) is 5.42. The van der Waals surface area contributed by atoms with Crippen LogP contribution in [0, 0.1) is 0 Å². The molecule has 0 amide bonds. The highest BCUT2D eigenvalue weighted by atomic mass is 16.6. The first kappa shape index (κ1) is 51.2. The fraction of sp³-hybridized carbons (Fsp3) is 0.696. The number of nitrogens with two attached hydrogens (primary N) is 1. The van der Waals surface area contributed by atoms with Crippen molar-refractivity contribution in [2.75, 3.05) is 13.2 Å². The molecule has 0 radical (unpaired) electrons. The number of rotatable bonds is 33. The second-order valence-corrected chi connectivity index (χ2v) is 14.6. The highest BCUT2D eigenvalue weighted by Gasteiger charge is 2.44. The van der Waals surface area contributed by atoms with E-state index < -0.39 is 48.8 Å². The Morgan fingerprint density at radius 2 is 1.04 bits per heavy atom. The van der Waals surface area contributed by atoms with E-state index in [9.17, 15) is 24.9 Å². The zero-order valence-electron chi connectivity index (χ0n) is 34.9. The second kappa shape index (κ2) is 35.3. The lowest BCUT2D eigenvalue weighted by atomic mass is 9.95. The van der Waals surface area contributed by atoms with Crippen LogP contribution < -0.4 is 5.73 Å². The predicted molar refractivity (Wildman–Crippen MR) is 226 cm³/mol. The Labute approximate surface area is 339 Å². The third-order valence-corrected chi connectivity index (χ3v) is 9.48. The quantitative estimate of drug-likeness (QED) is 0.0219. The maximum Gasteiger partial charge on any atom is 0.306 e. The van der Waals surface area contributed by atoms with Crippen LogP contribution in [0.15, 0.2) is 72.9 Å². The fourth-order valence-electron chi connectivity index (χ4n) is 6.06. The highest BCUT2D eigenvalue weighted by molar-refractivity contribution is 5.70. The minimum atomic E-state index is -1.48. The zero-order valence-corrected chi connectivity index (χ0v) is 34.9. The average molecular weight is 788 g/mol. The molecule has 1 rings (SSSR count). The van der Waals surface area contributed by atoms with Crippen LogP contribution in [0.4, 0.5) is 0 Å². The molecule has 0 saturated carbocycles. The number of unbranched alkanes of at least 4 members (excludes halogenated alkanes) is 10. The van der Waals surface area contributed by atoms with E-state index in [0.717, 1.165) is 103 Å². The number of carbonyl (C=O) groups excluding carboxylic acids is 2. The van der Waals surface area contributed by atoms with Gasteiger partial charge >= 0.3 is 11.9 Å². The summed E-state index contributed by atoms with van der Waals surface area (Å²) >= 11 is 0. The lowest BCUT2D eigenvalue weighted by molar-refractivity contribution is -0.245. The molecule has 7 atom stereocenters. The van der Waals surface area contributed by atoms with Gasteiger partial charge in [-0.3, -0.25) is 9.59 Å². The van der Waals surface area contributed by atoms with Gasteiger partial charge in [-0.2, -0.15) is 0 Å². The van der Waals surface area contributed by atoms with Gasteiger partial charge in [0, 0.05) is 12.8 Å². The van der Waals surface area contributed by atoms with Crippen molar-refractivity contribution >= 4 is 11.9 Å². The summed E-state index contributed by atoms with van der Waals surface area (Å²) < 4.78 is 22.4. The molecule has 10 nitrogen and oxygen atoms in total. The van der Waals surface area contributed by atoms with Crippen LogP contribution in [0.25, 0.3) is 0 Å². The molecule has 1 fully saturated rings. The van der Waals surface area contributed by atoms with Crippen molar-refractivity contribution in [3.05, 3.63) is 72.9 Å². The van der Waals surface area contributed by atoms with Gasteiger partial charge in [-0.25, -0.2) is 0 Å². The van der Waals surface area contributed by atoms with Gasteiger partial charge in [0.2, 0.25) is 0 Å². The number of allylic oxidation sites excluding steroid dienone is 12. The van der Waals surface area contributed by atoms with E-state index in [0.29, 0.717) is 12.8 Å². The molecule has 1 heterocycles. The standard InChI is InChI=1S/C46H77NO9/c1-4-6-8-10-12-14-16-18-20-22-24-26-28-30-32-34-40(48)53-36-39(37-54-46(47)45-44(52)43(51)42(50)38(3)55-45)56-41(49)35-33-31-29-27-25-23-21-19-17-15-13-11-9-7-5-2/h6-9,12-15,18-21,38-39,42-46,50-52H,4-5,10-11,16-17,22-37,47H2,1-3H3/b8-6-,9-7-,14-12-,15-13-,20-18-,21-19-/t38-,39?,42+,43-,44+,45+,46?/m1/s1. The molecular formula is C46H77NO9. The van der Waals surface area contributed by atoms with Crippen molar-refractivity contribution in [1.29, 1.82) is 0 Å². The number of aliphatic hydroxyl groups is 3. The van der Waals surface area contributed by atoms with Crippen LogP contribution >= 0.6 is 0 Å². The van der Waals surface area contributed by atoms with Gasteiger partial charge < -0.3 is 40.0 Å². The monoisotopic (exact) mass is 788 g/mol. The molecule has 0 aromatic carbocycles. The van der Waals surface area contributed by atoms with Gasteiger partial charge in [0.05, 0.1) is 12.7 Å². The van der Waals surface area contributed by atoms with Crippen LogP contribution in [-0.2, 0) is 28.5 Å². The molecule has 1 aliphatic heterocycles. The van der Waals surface area contributed by atoms with E-state index >= 15 is 0 Å². The Balaban J connectivity index is 2.41. The maximum absolute atomic E-state index is 12.8. The van der Waals surface area contributed by atoms with Crippen LogP contribution in [0.3, 0.4) is 0 Å². The number of hydrogen-bond acceptors (Lipinski definition) is 10. The fourth-order valence-corrected chi connectivity index (χ4v) is 6.06. The molecule has 0 bridgehead atoms. The Kier molecular flexibility index (Phi) is 32.3. The van der Waals surface area contributed by atoms with E-state index in [2.05, 4.69) is 86.8 Å². The van der Waals surface area contributed by atoms with Gasteiger partial charge in [-0.05, 0) is 84.0 Å². The molecule has 1 aliphatic rings. The molecule has 10 heteroatoms. The van der Waals surface area contributed by atoms with Crippen LogP contribution in [0.2, 0.25) is 0 Å². The molecule has 0 aromatic heterocycles. The maximum atomic E-state index is 12.8. The summed E-state index contributed by atoms with van der Waals surface area (Å²) in [7, 11) is 0. The lowest BCUT2D eigenvalue weighted by Gasteiger charge is -2.41. The van der Waals surface area contributed by atoms with Crippen molar-refractivity contribution in [1.82, 2.24) is 0 Å². The van der Waals surface area contributed by atoms with Crippen molar-refractivity contribution in [2.24, 2.45) is 5.73 Å².